The largest absolute Gasteiger partial charge is 0.404 e. The van der Waals surface area contributed by atoms with Crippen LogP contribution in [0.1, 0.15) is 64.6 Å². The van der Waals surface area contributed by atoms with Crippen molar-refractivity contribution < 1.29 is 4.79 Å². The Morgan fingerprint density at radius 1 is 1.29 bits per heavy atom. The summed E-state index contributed by atoms with van der Waals surface area (Å²) in [6.07, 6.45) is 9.30. The van der Waals surface area contributed by atoms with Crippen LogP contribution in [0.25, 0.3) is 16.7 Å². The van der Waals surface area contributed by atoms with Crippen molar-refractivity contribution in [3.05, 3.63) is 58.9 Å². The number of aromatic nitrogens is 4. The predicted molar refractivity (Wildman–Crippen MR) is 122 cm³/mol. The average Bonchev–Trinajstić information content (AvgIpc) is 3.44. The first-order valence-corrected chi connectivity index (χ1v) is 10.5. The minimum atomic E-state index is -0.262. The number of nitrogens with one attached hydrogen (secondary N) is 2. The number of allylic oxidation sites excluding steroid dienone is 1. The van der Waals surface area contributed by atoms with Crippen LogP contribution in [-0.4, -0.2) is 39.1 Å². The van der Waals surface area contributed by atoms with E-state index >= 15 is 0 Å². The molecule has 0 unspecified atom stereocenters. The second kappa shape index (κ2) is 9.07. The third-order valence-corrected chi connectivity index (χ3v) is 5.63. The molecule has 31 heavy (non-hydrogen) atoms. The van der Waals surface area contributed by atoms with Gasteiger partial charge in [0.1, 0.15) is 17.7 Å². The minimum Gasteiger partial charge on any atom is -0.404 e. The summed E-state index contributed by atoms with van der Waals surface area (Å²) in [5.74, 6) is 1.05. The Kier molecular flexibility index (Phi) is 6.06. The monoisotopic (exact) mass is 417 g/mol. The van der Waals surface area contributed by atoms with Gasteiger partial charge in [-0.15, -0.1) is 0 Å². The van der Waals surface area contributed by atoms with E-state index in [0.29, 0.717) is 29.3 Å². The van der Waals surface area contributed by atoms with Crippen LogP contribution in [0, 0.1) is 6.92 Å². The van der Waals surface area contributed by atoms with Gasteiger partial charge in [0.2, 0.25) is 0 Å². The molecule has 2 heterocycles. The van der Waals surface area contributed by atoms with Gasteiger partial charge < -0.3 is 16.0 Å². The first-order valence-electron chi connectivity index (χ1n) is 10.5. The van der Waals surface area contributed by atoms with Crippen molar-refractivity contribution in [3.63, 3.8) is 0 Å². The van der Waals surface area contributed by atoms with Gasteiger partial charge in [-0.2, -0.15) is 0 Å². The third kappa shape index (κ3) is 4.47. The number of aromatic amines is 1. The number of amides is 1. The summed E-state index contributed by atoms with van der Waals surface area (Å²) >= 11 is 0. The lowest BCUT2D eigenvalue weighted by atomic mass is 10.0. The van der Waals surface area contributed by atoms with Crippen molar-refractivity contribution >= 4 is 28.9 Å². The Morgan fingerprint density at radius 3 is 2.84 bits per heavy atom. The Hall–Kier alpha value is -3.55. The number of carbonyl (C=O) groups excluding carboxylic acids is 1. The fraction of sp³-hybridized carbons (Fsp3) is 0.348. The summed E-state index contributed by atoms with van der Waals surface area (Å²) in [5.41, 5.74) is 11.0. The second-order valence-corrected chi connectivity index (χ2v) is 7.92. The molecule has 0 bridgehead atoms. The number of hydrogen-bond acceptors (Lipinski definition) is 6. The van der Waals surface area contributed by atoms with Gasteiger partial charge in [-0.1, -0.05) is 30.5 Å². The summed E-state index contributed by atoms with van der Waals surface area (Å²) < 4.78 is 0. The second-order valence-electron chi connectivity index (χ2n) is 7.92. The van der Waals surface area contributed by atoms with Crippen molar-refractivity contribution in [3.8, 4) is 0 Å². The number of carbonyl (C=O) groups is 1. The Morgan fingerprint density at radius 2 is 2.10 bits per heavy atom. The number of imidazole rings is 1. The highest BCUT2D eigenvalue weighted by Crippen LogP contribution is 2.33. The number of H-pyrrole nitrogens is 1. The van der Waals surface area contributed by atoms with Crippen LogP contribution in [0.3, 0.4) is 0 Å². The van der Waals surface area contributed by atoms with Crippen LogP contribution in [0.4, 0.5) is 0 Å². The molecule has 4 rings (SSSR count). The molecule has 8 nitrogen and oxygen atoms in total. The molecule has 1 fully saturated rings. The van der Waals surface area contributed by atoms with Gasteiger partial charge in [0.25, 0.3) is 5.91 Å². The zero-order valence-corrected chi connectivity index (χ0v) is 17.9. The van der Waals surface area contributed by atoms with Crippen LogP contribution in [0.2, 0.25) is 0 Å². The van der Waals surface area contributed by atoms with Crippen molar-refractivity contribution in [2.24, 2.45) is 10.7 Å². The summed E-state index contributed by atoms with van der Waals surface area (Å²) in [6, 6.07) is 6.07. The molecule has 0 atom stereocenters. The van der Waals surface area contributed by atoms with Gasteiger partial charge in [0.15, 0.2) is 11.3 Å². The number of fused-ring (bicyclic) bond motifs is 1. The molecule has 1 amide bonds. The zero-order valence-electron chi connectivity index (χ0n) is 17.9. The average molecular weight is 418 g/mol. The lowest BCUT2D eigenvalue weighted by Gasteiger charge is -2.10. The van der Waals surface area contributed by atoms with Gasteiger partial charge >= 0.3 is 0 Å². The molecular weight excluding hydrogens is 390 g/mol. The summed E-state index contributed by atoms with van der Waals surface area (Å²) in [6.45, 7) is 2.37. The number of aryl methyl sites for hydroxylation is 1. The Bertz CT molecular complexity index is 1160. The van der Waals surface area contributed by atoms with E-state index in [-0.39, 0.29) is 5.91 Å². The first kappa shape index (κ1) is 20.7. The zero-order chi connectivity index (χ0) is 21.8. The van der Waals surface area contributed by atoms with E-state index in [1.54, 1.807) is 13.3 Å². The van der Waals surface area contributed by atoms with Crippen LogP contribution in [0.5, 0.6) is 0 Å². The molecule has 8 heteroatoms. The Balaban J connectivity index is 1.54. The highest BCUT2D eigenvalue weighted by molar-refractivity contribution is 6.09. The van der Waals surface area contributed by atoms with Gasteiger partial charge in [0.05, 0.1) is 0 Å². The van der Waals surface area contributed by atoms with Crippen molar-refractivity contribution in [2.75, 3.05) is 7.05 Å². The van der Waals surface area contributed by atoms with Gasteiger partial charge in [0, 0.05) is 37.5 Å². The van der Waals surface area contributed by atoms with Crippen LogP contribution in [0.15, 0.2) is 35.7 Å². The molecule has 2 aromatic heterocycles. The number of hydrogen-bond donors (Lipinski definition) is 3. The maximum Gasteiger partial charge on any atom is 0.272 e. The number of aliphatic imine (C=N–C) groups is 1. The van der Waals surface area contributed by atoms with Crippen LogP contribution < -0.4 is 11.1 Å². The molecule has 0 spiro atoms. The highest BCUT2D eigenvalue weighted by Gasteiger charge is 2.23. The molecule has 4 N–H and O–H groups in total. The predicted octanol–water partition coefficient (Wildman–Crippen LogP) is 3.25. The van der Waals surface area contributed by atoms with E-state index in [1.807, 2.05) is 25.1 Å². The molecular formula is C23H27N7O. The standard InChI is InChI=1S/C23H27N7O/c1-14-7-15(9-17(8-14)18(10-24)12-25-2)11-26-23(31)20-19-22(28-13-27-20)30-21(29-19)16-5-3-4-6-16/h7-10,12-13,16H,3-6,11,24H2,1-2H3,(H,26,31)(H,27,28,29,30). The Labute approximate surface area is 181 Å². The molecule has 0 radical (unpaired) electrons. The summed E-state index contributed by atoms with van der Waals surface area (Å²) in [7, 11) is 1.70. The van der Waals surface area contributed by atoms with Crippen molar-refractivity contribution in [1.82, 2.24) is 25.3 Å². The quantitative estimate of drug-likeness (QED) is 0.532. The number of nitrogens with two attached hydrogens (primary N) is 1. The third-order valence-electron chi connectivity index (χ3n) is 5.63. The highest BCUT2D eigenvalue weighted by atomic mass is 16.1. The van der Waals surface area contributed by atoms with Crippen molar-refractivity contribution in [1.29, 1.82) is 0 Å². The van der Waals surface area contributed by atoms with E-state index in [0.717, 1.165) is 40.9 Å². The van der Waals surface area contributed by atoms with Crippen LogP contribution in [-0.2, 0) is 6.54 Å². The maximum atomic E-state index is 12.9. The number of nitrogens with zero attached hydrogens (tertiary/aromatic N) is 4. The molecule has 0 saturated heterocycles. The summed E-state index contributed by atoms with van der Waals surface area (Å²) in [4.78, 5) is 33.4. The molecule has 3 aromatic rings. The lowest BCUT2D eigenvalue weighted by Crippen LogP contribution is -2.24. The van der Waals surface area contributed by atoms with Crippen molar-refractivity contribution in [2.45, 2.75) is 45.1 Å². The van der Waals surface area contributed by atoms with E-state index in [4.69, 9.17) is 5.73 Å². The molecule has 160 valence electrons. The maximum absolute atomic E-state index is 12.9. The van der Waals surface area contributed by atoms with E-state index < -0.39 is 0 Å². The molecule has 1 aromatic carbocycles. The summed E-state index contributed by atoms with van der Waals surface area (Å²) in [5, 5.41) is 2.97. The van der Waals surface area contributed by atoms with Gasteiger partial charge in [-0.05, 0) is 37.0 Å². The minimum absolute atomic E-state index is 0.262. The molecule has 1 saturated carbocycles. The van der Waals surface area contributed by atoms with Crippen LogP contribution >= 0.6 is 0 Å². The number of rotatable bonds is 6. The van der Waals surface area contributed by atoms with E-state index in [9.17, 15) is 4.79 Å². The van der Waals surface area contributed by atoms with Gasteiger partial charge in [-0.25, -0.2) is 15.0 Å². The van der Waals surface area contributed by atoms with E-state index in [1.165, 1.54) is 25.4 Å². The molecule has 0 aliphatic heterocycles. The smallest absolute Gasteiger partial charge is 0.272 e. The molecule has 1 aliphatic rings. The van der Waals surface area contributed by atoms with Gasteiger partial charge in [-0.3, -0.25) is 9.79 Å². The fourth-order valence-electron chi connectivity index (χ4n) is 4.16. The lowest BCUT2D eigenvalue weighted by molar-refractivity contribution is 0.0947. The first-order chi connectivity index (χ1) is 15.1. The number of benzene rings is 1. The SMILES string of the molecule is CN=CC(=CN)c1cc(C)cc(CNC(=O)c2ncnc3nc(C4CCCC4)[nH]c23)c1. The van der Waals surface area contributed by atoms with E-state index in [2.05, 4.69) is 30.2 Å². The normalized spacial score (nSPS) is 15.2. The topological polar surface area (TPSA) is 122 Å². The molecule has 1 aliphatic carbocycles. The fourth-order valence-corrected chi connectivity index (χ4v) is 4.16.